The minimum absolute atomic E-state index is 0.0557. The van der Waals surface area contributed by atoms with Crippen molar-refractivity contribution in [2.45, 2.75) is 36.7 Å². The van der Waals surface area contributed by atoms with Gasteiger partial charge in [-0.1, -0.05) is 5.11 Å². The second-order valence-electron chi connectivity index (χ2n) is 6.09. The highest BCUT2D eigenvalue weighted by Gasteiger charge is 2.56. The topological polar surface area (TPSA) is 172 Å². The third-order valence-corrected chi connectivity index (χ3v) is 4.97. The molecule has 1 aliphatic heterocycles. The molecule has 5 atom stereocenters. The van der Waals surface area contributed by atoms with Crippen molar-refractivity contribution in [3.8, 4) is 0 Å². The molecule has 0 spiro atoms. The van der Waals surface area contributed by atoms with Crippen LogP contribution in [0.3, 0.4) is 0 Å². The number of hydrogen-bond donors (Lipinski definition) is 3. The van der Waals surface area contributed by atoms with E-state index in [1.807, 2.05) is 6.26 Å². The molecular weight excluding hydrogens is 411 g/mol. The number of aromatic nitrogens is 2. The van der Waals surface area contributed by atoms with E-state index >= 15 is 0 Å². The van der Waals surface area contributed by atoms with E-state index in [0.717, 1.165) is 10.8 Å². The third-order valence-electron chi connectivity index (χ3n) is 4.32. The fraction of sp³-hybridized carbons (Fsp3) is 0.667. The van der Waals surface area contributed by atoms with E-state index in [0.29, 0.717) is 12.2 Å². The number of alkyl halides is 1. The Balaban J connectivity index is 2.26. The minimum atomic E-state index is -2.26. The number of anilines is 1. The van der Waals surface area contributed by atoms with Gasteiger partial charge in [-0.25, -0.2) is 14.0 Å². The van der Waals surface area contributed by atoms with E-state index in [1.54, 1.807) is 0 Å². The second kappa shape index (κ2) is 9.89. The van der Waals surface area contributed by atoms with Crippen molar-refractivity contribution >= 4 is 23.5 Å². The second-order valence-corrected chi connectivity index (χ2v) is 7.08. The number of azide groups is 1. The quantitative estimate of drug-likeness (QED) is 0.213. The predicted octanol–water partition coefficient (Wildman–Crippen LogP) is 0.177. The smallest absolute Gasteiger partial charge is 0.351 e. The number of esters is 1. The molecule has 2 unspecified atom stereocenters. The number of halogens is 1. The van der Waals surface area contributed by atoms with Crippen LogP contribution < -0.4 is 11.0 Å². The third kappa shape index (κ3) is 4.79. The zero-order valence-electron chi connectivity index (χ0n) is 15.6. The highest BCUT2D eigenvalue weighted by Crippen LogP contribution is 2.39. The van der Waals surface area contributed by atoms with Crippen LogP contribution in [0.1, 0.15) is 12.6 Å². The summed E-state index contributed by atoms with van der Waals surface area (Å²) in [6, 6.07) is 0.575. The number of carbonyl (C=O) groups is 1. The largest absolute Gasteiger partial charge is 0.467 e. The van der Waals surface area contributed by atoms with Crippen LogP contribution in [0, 0.1) is 0 Å². The standard InChI is InChI=1S/C15H21FN6O6S/c1-27-13(25)8(4-6-29-2)18-9-3-5-22(14(26)19-9)12-10(16)11(24)15(7-23,28-12)20-21-17/h3,5,8,10-12,23-24H,4,6-7H2,1-2H3,(H,18,19,26)/t8-,10-,11?,12?,15+/m0/s1. The van der Waals surface area contributed by atoms with Gasteiger partial charge in [-0.15, -0.1) is 0 Å². The number of aliphatic hydroxyl groups excluding tert-OH is 2. The van der Waals surface area contributed by atoms with E-state index in [-0.39, 0.29) is 5.82 Å². The molecular formula is C15H21FN6O6S. The number of nitrogens with one attached hydrogen (secondary N) is 1. The first-order valence-corrected chi connectivity index (χ1v) is 9.82. The Morgan fingerprint density at radius 1 is 1.69 bits per heavy atom. The summed E-state index contributed by atoms with van der Waals surface area (Å²) < 4.78 is 25.2. The Bertz CT molecular complexity index is 836. The Morgan fingerprint density at radius 2 is 2.41 bits per heavy atom. The molecule has 1 aromatic rings. The number of thioether (sulfide) groups is 1. The number of rotatable bonds is 9. The molecule has 12 nitrogen and oxygen atoms in total. The van der Waals surface area contributed by atoms with Crippen LogP contribution in [0.15, 0.2) is 22.2 Å². The molecule has 2 rings (SSSR count). The maximum absolute atomic E-state index is 14.5. The summed E-state index contributed by atoms with van der Waals surface area (Å²) in [5.74, 6) is 0.183. The van der Waals surface area contributed by atoms with Gasteiger partial charge in [0.2, 0.25) is 5.72 Å². The minimum Gasteiger partial charge on any atom is -0.467 e. The molecule has 0 amide bonds. The summed E-state index contributed by atoms with van der Waals surface area (Å²) in [6.07, 6.45) is -2.39. The highest BCUT2D eigenvalue weighted by molar-refractivity contribution is 7.98. The maximum atomic E-state index is 14.5. The van der Waals surface area contributed by atoms with Gasteiger partial charge in [-0.05, 0) is 30.0 Å². The van der Waals surface area contributed by atoms with Gasteiger partial charge < -0.3 is 25.0 Å². The molecule has 0 saturated carbocycles. The van der Waals surface area contributed by atoms with Gasteiger partial charge in [0.05, 0.1) is 13.7 Å². The Hall–Kier alpha value is -2.38. The lowest BCUT2D eigenvalue weighted by Crippen LogP contribution is -2.43. The summed E-state index contributed by atoms with van der Waals surface area (Å²) in [5.41, 5.74) is 5.38. The average Bonchev–Trinajstić information content (AvgIpc) is 2.96. The van der Waals surface area contributed by atoms with Crippen LogP contribution in [0.25, 0.3) is 10.4 Å². The lowest BCUT2D eigenvalue weighted by atomic mass is 10.1. The van der Waals surface area contributed by atoms with Crippen LogP contribution in [0.4, 0.5) is 10.2 Å². The number of carbonyl (C=O) groups excluding carboxylic acids is 1. The molecule has 0 aromatic carbocycles. The first-order chi connectivity index (χ1) is 13.8. The summed E-state index contributed by atoms with van der Waals surface area (Å²) >= 11 is 1.53. The fourth-order valence-electron chi connectivity index (χ4n) is 2.77. The zero-order chi connectivity index (χ0) is 21.6. The van der Waals surface area contributed by atoms with Gasteiger partial charge in [-0.2, -0.15) is 16.7 Å². The Labute approximate surface area is 168 Å². The van der Waals surface area contributed by atoms with Gasteiger partial charge in [-0.3, -0.25) is 4.57 Å². The summed E-state index contributed by atoms with van der Waals surface area (Å²) in [7, 11) is 1.24. The number of aliphatic hydroxyl groups is 2. The molecule has 2 heterocycles. The first-order valence-electron chi connectivity index (χ1n) is 8.43. The van der Waals surface area contributed by atoms with Crippen LogP contribution in [0.2, 0.25) is 0 Å². The Kier molecular flexibility index (Phi) is 7.81. The van der Waals surface area contributed by atoms with Crippen molar-refractivity contribution in [3.63, 3.8) is 0 Å². The van der Waals surface area contributed by atoms with Crippen molar-refractivity contribution in [2.24, 2.45) is 5.11 Å². The van der Waals surface area contributed by atoms with Crippen molar-refractivity contribution in [2.75, 3.05) is 31.0 Å². The summed E-state index contributed by atoms with van der Waals surface area (Å²) in [6.45, 7) is -0.993. The molecule has 29 heavy (non-hydrogen) atoms. The molecule has 1 saturated heterocycles. The fourth-order valence-corrected chi connectivity index (χ4v) is 3.24. The highest BCUT2D eigenvalue weighted by atomic mass is 32.2. The van der Waals surface area contributed by atoms with E-state index in [4.69, 9.17) is 15.0 Å². The van der Waals surface area contributed by atoms with Crippen molar-refractivity contribution in [3.05, 3.63) is 33.2 Å². The molecule has 14 heteroatoms. The zero-order valence-corrected chi connectivity index (χ0v) is 16.5. The van der Waals surface area contributed by atoms with E-state index in [1.165, 1.54) is 24.9 Å². The maximum Gasteiger partial charge on any atom is 0.351 e. The average molecular weight is 432 g/mol. The van der Waals surface area contributed by atoms with Gasteiger partial charge in [0.15, 0.2) is 12.4 Å². The number of nitrogens with zero attached hydrogens (tertiary/aromatic N) is 5. The molecule has 1 aliphatic rings. The monoisotopic (exact) mass is 432 g/mol. The SMILES string of the molecule is COC(=O)[C@H](CCSC)Nc1ccn(C2O[C@@](CO)(N=[N+]=[N-])C(O)[C@@H]2F)c(=O)n1. The molecule has 1 aromatic heterocycles. The first kappa shape index (κ1) is 22.9. The summed E-state index contributed by atoms with van der Waals surface area (Å²) in [4.78, 5) is 30.4. The van der Waals surface area contributed by atoms with Crippen LogP contribution >= 0.6 is 11.8 Å². The van der Waals surface area contributed by atoms with Gasteiger partial charge in [0, 0.05) is 11.1 Å². The van der Waals surface area contributed by atoms with Gasteiger partial charge in [0.1, 0.15) is 18.0 Å². The number of ether oxygens (including phenoxy) is 2. The molecule has 0 aliphatic carbocycles. The number of hydrogen-bond acceptors (Lipinski definition) is 10. The Morgan fingerprint density at radius 3 is 2.97 bits per heavy atom. The molecule has 160 valence electrons. The molecule has 1 fully saturated rings. The summed E-state index contributed by atoms with van der Waals surface area (Å²) in [5, 5.41) is 25.3. The number of methoxy groups -OCH3 is 1. The molecule has 0 bridgehead atoms. The van der Waals surface area contributed by atoms with Crippen molar-refractivity contribution in [1.29, 1.82) is 0 Å². The van der Waals surface area contributed by atoms with Crippen LogP contribution in [-0.4, -0.2) is 75.5 Å². The van der Waals surface area contributed by atoms with E-state index < -0.39 is 48.5 Å². The van der Waals surface area contributed by atoms with Gasteiger partial charge >= 0.3 is 11.7 Å². The lowest BCUT2D eigenvalue weighted by molar-refractivity contribution is -0.141. The molecule has 3 N–H and O–H groups in total. The molecule has 0 radical (unpaired) electrons. The predicted molar refractivity (Wildman–Crippen MR) is 101 cm³/mol. The van der Waals surface area contributed by atoms with Crippen molar-refractivity contribution in [1.82, 2.24) is 9.55 Å². The van der Waals surface area contributed by atoms with Crippen LogP contribution in [0.5, 0.6) is 0 Å². The van der Waals surface area contributed by atoms with E-state index in [9.17, 15) is 24.2 Å². The van der Waals surface area contributed by atoms with Crippen LogP contribution in [-0.2, 0) is 14.3 Å². The normalized spacial score (nSPS) is 27.1. The van der Waals surface area contributed by atoms with E-state index in [2.05, 4.69) is 20.3 Å². The lowest BCUT2D eigenvalue weighted by Gasteiger charge is -2.23. The van der Waals surface area contributed by atoms with Crippen molar-refractivity contribution < 1.29 is 28.9 Å². The van der Waals surface area contributed by atoms with Gasteiger partial charge in [0.25, 0.3) is 0 Å².